The molecule has 0 aromatic carbocycles. The van der Waals surface area contributed by atoms with Gasteiger partial charge in [0.25, 0.3) is 0 Å². The fraction of sp³-hybridized carbons (Fsp3) is 0.364. The van der Waals surface area contributed by atoms with Crippen LogP contribution in [-0.2, 0) is 0 Å². The average Bonchev–Trinajstić information content (AvgIpc) is 2.13. The van der Waals surface area contributed by atoms with Crippen molar-refractivity contribution in [2.45, 2.75) is 0 Å². The van der Waals surface area contributed by atoms with Gasteiger partial charge in [-0.15, -0.1) is 0 Å². The van der Waals surface area contributed by atoms with E-state index in [2.05, 4.69) is 29.1 Å². The molecule has 0 N–H and O–H groups in total. The van der Waals surface area contributed by atoms with Gasteiger partial charge in [0.1, 0.15) is 5.15 Å². The second-order valence-electron chi connectivity index (χ2n) is 3.75. The lowest BCUT2D eigenvalue weighted by Gasteiger charge is -2.34. The molecule has 1 aromatic rings. The lowest BCUT2D eigenvalue weighted by Crippen LogP contribution is -2.42. The number of nitrogens with zero attached hydrogens (tertiary/aromatic N) is 2. The Bertz CT molecular complexity index is 326. The predicted octanol–water partition coefficient (Wildman–Crippen LogP) is 2.31. The third-order valence-corrected chi connectivity index (χ3v) is 2.63. The number of hydrogen-bond donors (Lipinski definition) is 0. The molecule has 0 atom stereocenters. The monoisotopic (exact) mass is 208 g/mol. The van der Waals surface area contributed by atoms with Crippen molar-refractivity contribution in [1.29, 1.82) is 0 Å². The van der Waals surface area contributed by atoms with E-state index in [9.17, 15) is 0 Å². The fourth-order valence-corrected chi connectivity index (χ4v) is 1.71. The Hall–Kier alpha value is -0.860. The summed E-state index contributed by atoms with van der Waals surface area (Å²) in [5.74, 6) is 0.704. The first-order chi connectivity index (χ1) is 6.74. The van der Waals surface area contributed by atoms with Crippen molar-refractivity contribution in [3.05, 3.63) is 35.1 Å². The molecule has 2 rings (SSSR count). The van der Waals surface area contributed by atoms with E-state index in [0.717, 1.165) is 18.7 Å². The van der Waals surface area contributed by atoms with Crippen LogP contribution in [-0.4, -0.2) is 30.0 Å². The normalized spacial score (nSPS) is 18.7. The van der Waals surface area contributed by atoms with E-state index in [1.54, 1.807) is 6.20 Å². The Morgan fingerprint density at radius 2 is 2.29 bits per heavy atom. The van der Waals surface area contributed by atoms with Crippen LogP contribution < -0.4 is 0 Å². The number of aromatic nitrogens is 1. The lowest BCUT2D eigenvalue weighted by molar-refractivity contribution is 0.170. The fourth-order valence-electron chi connectivity index (χ4n) is 1.60. The van der Waals surface area contributed by atoms with Crippen LogP contribution in [0.5, 0.6) is 0 Å². The SMILES string of the molecule is CN1CC(C=Cc2ccc(Cl)nc2)C1. The highest BCUT2D eigenvalue weighted by molar-refractivity contribution is 6.29. The molecule has 1 aliphatic heterocycles. The van der Waals surface area contributed by atoms with Crippen LogP contribution in [0, 0.1) is 5.92 Å². The molecule has 0 bridgehead atoms. The van der Waals surface area contributed by atoms with Crippen LogP contribution in [0.15, 0.2) is 24.4 Å². The summed E-state index contributed by atoms with van der Waals surface area (Å²) < 4.78 is 0. The van der Waals surface area contributed by atoms with E-state index >= 15 is 0 Å². The first-order valence-electron chi connectivity index (χ1n) is 4.72. The minimum atomic E-state index is 0.547. The molecule has 2 nitrogen and oxygen atoms in total. The predicted molar refractivity (Wildman–Crippen MR) is 59.3 cm³/mol. The van der Waals surface area contributed by atoms with Gasteiger partial charge in [-0.2, -0.15) is 0 Å². The van der Waals surface area contributed by atoms with Crippen molar-refractivity contribution in [3.63, 3.8) is 0 Å². The highest BCUT2D eigenvalue weighted by atomic mass is 35.5. The molecule has 0 spiro atoms. The van der Waals surface area contributed by atoms with Crippen molar-refractivity contribution in [2.75, 3.05) is 20.1 Å². The molecule has 1 aliphatic rings. The third kappa shape index (κ3) is 2.34. The average molecular weight is 209 g/mol. The maximum absolute atomic E-state index is 5.69. The zero-order valence-electron chi connectivity index (χ0n) is 8.15. The first kappa shape index (κ1) is 9.69. The number of likely N-dealkylation sites (tertiary alicyclic amines) is 1. The van der Waals surface area contributed by atoms with Gasteiger partial charge in [0.05, 0.1) is 0 Å². The molecule has 1 saturated heterocycles. The topological polar surface area (TPSA) is 16.1 Å². The zero-order valence-corrected chi connectivity index (χ0v) is 8.91. The molecule has 0 aliphatic carbocycles. The van der Waals surface area contributed by atoms with Crippen LogP contribution in [0.2, 0.25) is 5.15 Å². The zero-order chi connectivity index (χ0) is 9.97. The summed E-state index contributed by atoms with van der Waals surface area (Å²) in [5, 5.41) is 0.547. The molecule has 0 amide bonds. The van der Waals surface area contributed by atoms with Gasteiger partial charge in [-0.25, -0.2) is 4.98 Å². The summed E-state index contributed by atoms with van der Waals surface area (Å²) in [7, 11) is 2.13. The Kier molecular flexibility index (Phi) is 2.85. The van der Waals surface area contributed by atoms with Gasteiger partial charge in [-0.1, -0.05) is 29.8 Å². The molecule has 0 saturated carbocycles. The maximum Gasteiger partial charge on any atom is 0.129 e. The molecule has 0 unspecified atom stereocenters. The summed E-state index contributed by atoms with van der Waals surface area (Å²) in [6.07, 6.45) is 6.15. The second-order valence-corrected chi connectivity index (χ2v) is 4.14. The van der Waals surface area contributed by atoms with E-state index in [-0.39, 0.29) is 0 Å². The van der Waals surface area contributed by atoms with Crippen LogP contribution in [0.3, 0.4) is 0 Å². The van der Waals surface area contributed by atoms with Crippen molar-refractivity contribution in [1.82, 2.24) is 9.88 Å². The van der Waals surface area contributed by atoms with Crippen molar-refractivity contribution in [3.8, 4) is 0 Å². The highest BCUT2D eigenvalue weighted by Crippen LogP contribution is 2.16. The molecular formula is C11H13ClN2. The van der Waals surface area contributed by atoms with Gasteiger partial charge in [-0.3, -0.25) is 0 Å². The van der Waals surface area contributed by atoms with Crippen LogP contribution in [0.25, 0.3) is 6.08 Å². The van der Waals surface area contributed by atoms with Crippen LogP contribution in [0.4, 0.5) is 0 Å². The Labute approximate surface area is 89.2 Å². The molecular weight excluding hydrogens is 196 g/mol. The third-order valence-electron chi connectivity index (χ3n) is 2.40. The van der Waals surface area contributed by atoms with Crippen LogP contribution >= 0.6 is 11.6 Å². The van der Waals surface area contributed by atoms with Gasteiger partial charge in [-0.05, 0) is 18.7 Å². The quantitative estimate of drug-likeness (QED) is 0.694. The van der Waals surface area contributed by atoms with E-state index < -0.39 is 0 Å². The van der Waals surface area contributed by atoms with Gasteiger partial charge in [0, 0.05) is 25.2 Å². The highest BCUT2D eigenvalue weighted by Gasteiger charge is 2.19. The molecule has 1 aromatic heterocycles. The van der Waals surface area contributed by atoms with E-state index in [1.807, 2.05) is 12.1 Å². The van der Waals surface area contributed by atoms with Gasteiger partial charge < -0.3 is 4.90 Å². The summed E-state index contributed by atoms with van der Waals surface area (Å²) in [6, 6.07) is 3.79. The molecule has 3 heteroatoms. The number of rotatable bonds is 2. The standard InChI is InChI=1S/C11H13ClN2/c1-14-7-10(8-14)3-2-9-4-5-11(12)13-6-9/h2-6,10H,7-8H2,1H3. The number of halogens is 1. The summed E-state index contributed by atoms with van der Waals surface area (Å²) in [6.45, 7) is 2.33. The first-order valence-corrected chi connectivity index (χ1v) is 5.10. The molecule has 0 radical (unpaired) electrons. The number of hydrogen-bond acceptors (Lipinski definition) is 2. The molecule has 1 fully saturated rings. The van der Waals surface area contributed by atoms with E-state index in [1.165, 1.54) is 0 Å². The molecule has 74 valence electrons. The van der Waals surface area contributed by atoms with Crippen molar-refractivity contribution >= 4 is 17.7 Å². The summed E-state index contributed by atoms with van der Waals surface area (Å²) in [4.78, 5) is 6.32. The van der Waals surface area contributed by atoms with Crippen molar-refractivity contribution < 1.29 is 0 Å². The van der Waals surface area contributed by atoms with Gasteiger partial charge in [0.15, 0.2) is 0 Å². The van der Waals surface area contributed by atoms with Gasteiger partial charge >= 0.3 is 0 Å². The Balaban J connectivity index is 1.94. The second kappa shape index (κ2) is 4.11. The molecule has 2 heterocycles. The minimum Gasteiger partial charge on any atom is -0.305 e. The summed E-state index contributed by atoms with van der Waals surface area (Å²) >= 11 is 5.69. The largest absolute Gasteiger partial charge is 0.305 e. The molecule has 14 heavy (non-hydrogen) atoms. The number of pyridine rings is 1. The summed E-state index contributed by atoms with van der Waals surface area (Å²) in [5.41, 5.74) is 1.11. The van der Waals surface area contributed by atoms with E-state index in [4.69, 9.17) is 11.6 Å². The van der Waals surface area contributed by atoms with E-state index in [0.29, 0.717) is 11.1 Å². The Morgan fingerprint density at radius 1 is 1.50 bits per heavy atom. The minimum absolute atomic E-state index is 0.547. The van der Waals surface area contributed by atoms with Crippen LogP contribution in [0.1, 0.15) is 5.56 Å². The van der Waals surface area contributed by atoms with Crippen molar-refractivity contribution in [2.24, 2.45) is 5.92 Å². The maximum atomic E-state index is 5.69. The smallest absolute Gasteiger partial charge is 0.129 e. The lowest BCUT2D eigenvalue weighted by atomic mass is 10.00. The Morgan fingerprint density at radius 3 is 2.86 bits per heavy atom. The van der Waals surface area contributed by atoms with Gasteiger partial charge in [0.2, 0.25) is 0 Å².